The molecule has 0 aliphatic carbocycles. The summed E-state index contributed by atoms with van der Waals surface area (Å²) in [6, 6.07) is 6.45. The largest absolute Gasteiger partial charge is 0.398 e. The number of nitrogens with zero attached hydrogens (tertiary/aromatic N) is 1. The lowest BCUT2D eigenvalue weighted by Crippen LogP contribution is -2.25. The zero-order valence-corrected chi connectivity index (χ0v) is 10.9. The van der Waals surface area contributed by atoms with Gasteiger partial charge in [0, 0.05) is 30.2 Å². The number of terminal acetylenes is 1. The average molecular weight is 275 g/mol. The van der Waals surface area contributed by atoms with Crippen LogP contribution in [0.5, 0.6) is 0 Å². The van der Waals surface area contributed by atoms with E-state index in [9.17, 15) is 8.42 Å². The second kappa shape index (κ2) is 5.26. The number of rotatable bonds is 4. The quantitative estimate of drug-likeness (QED) is 0.497. The van der Waals surface area contributed by atoms with Crippen LogP contribution in [0, 0.1) is 12.3 Å². The van der Waals surface area contributed by atoms with Gasteiger partial charge in [0.2, 0.25) is 10.0 Å². The number of anilines is 1. The first-order chi connectivity index (χ1) is 9.06. The van der Waals surface area contributed by atoms with Crippen LogP contribution in [-0.2, 0) is 10.0 Å². The maximum absolute atomic E-state index is 12.2. The van der Waals surface area contributed by atoms with Crippen molar-refractivity contribution in [2.45, 2.75) is 11.3 Å². The monoisotopic (exact) mass is 275 g/mol. The second-order valence-electron chi connectivity index (χ2n) is 3.90. The van der Waals surface area contributed by atoms with Crippen LogP contribution in [0.2, 0.25) is 0 Å². The Labute approximate surface area is 111 Å². The number of benzene rings is 1. The van der Waals surface area contributed by atoms with Gasteiger partial charge < -0.3 is 5.73 Å². The molecule has 0 amide bonds. The van der Waals surface area contributed by atoms with Crippen molar-refractivity contribution in [1.29, 1.82) is 0 Å². The number of hydrogen-bond acceptors (Lipinski definition) is 4. The molecule has 0 saturated heterocycles. The Morgan fingerprint density at radius 3 is 2.89 bits per heavy atom. The fourth-order valence-corrected chi connectivity index (χ4v) is 2.91. The summed E-state index contributed by atoms with van der Waals surface area (Å²) in [6.07, 6.45) is 6.96. The summed E-state index contributed by atoms with van der Waals surface area (Å²) in [5.41, 5.74) is 6.66. The van der Waals surface area contributed by atoms with E-state index in [1.165, 1.54) is 12.3 Å². The summed E-state index contributed by atoms with van der Waals surface area (Å²) in [7, 11) is -3.64. The second-order valence-corrected chi connectivity index (χ2v) is 5.64. The third kappa shape index (κ3) is 2.67. The van der Waals surface area contributed by atoms with E-state index in [1.54, 1.807) is 18.2 Å². The molecular formula is C13H13N3O2S. The molecule has 6 heteroatoms. The van der Waals surface area contributed by atoms with Gasteiger partial charge in [-0.25, -0.2) is 13.1 Å². The smallest absolute Gasteiger partial charge is 0.242 e. The summed E-state index contributed by atoms with van der Waals surface area (Å²) < 4.78 is 26.8. The van der Waals surface area contributed by atoms with Crippen LogP contribution in [0.3, 0.4) is 0 Å². The molecule has 0 saturated carbocycles. The van der Waals surface area contributed by atoms with Gasteiger partial charge in [0.1, 0.15) is 4.90 Å². The molecule has 2 aromatic rings. The number of aromatic nitrogens is 1. The highest BCUT2D eigenvalue weighted by Gasteiger charge is 2.18. The van der Waals surface area contributed by atoms with Gasteiger partial charge in [0.15, 0.2) is 0 Å². The average Bonchev–Trinajstić information content (AvgIpc) is 2.39. The van der Waals surface area contributed by atoms with Crippen molar-refractivity contribution in [2.24, 2.45) is 0 Å². The summed E-state index contributed by atoms with van der Waals surface area (Å²) in [5, 5.41) is 0.613. The van der Waals surface area contributed by atoms with E-state index < -0.39 is 10.0 Å². The van der Waals surface area contributed by atoms with Crippen molar-refractivity contribution in [3.8, 4) is 12.3 Å². The van der Waals surface area contributed by atoms with Gasteiger partial charge in [-0.3, -0.25) is 4.98 Å². The summed E-state index contributed by atoms with van der Waals surface area (Å²) in [4.78, 5) is 4.20. The molecule has 1 aromatic carbocycles. The first kappa shape index (κ1) is 13.3. The lowest BCUT2D eigenvalue weighted by Gasteiger charge is -2.09. The van der Waals surface area contributed by atoms with Crippen LogP contribution in [0.25, 0.3) is 10.9 Å². The van der Waals surface area contributed by atoms with E-state index in [0.29, 0.717) is 23.0 Å². The van der Waals surface area contributed by atoms with Crippen LogP contribution in [0.15, 0.2) is 35.4 Å². The Balaban J connectivity index is 2.52. The molecule has 98 valence electrons. The molecule has 0 aliphatic heterocycles. The van der Waals surface area contributed by atoms with Crippen LogP contribution in [0.1, 0.15) is 6.42 Å². The SMILES string of the molecule is C#CCCNS(=O)(=O)c1ccc(N)c2cccnc12. The molecule has 1 aromatic heterocycles. The third-order valence-electron chi connectivity index (χ3n) is 2.62. The highest BCUT2D eigenvalue weighted by Crippen LogP contribution is 2.25. The van der Waals surface area contributed by atoms with Crippen LogP contribution in [-0.4, -0.2) is 19.9 Å². The van der Waals surface area contributed by atoms with Gasteiger partial charge in [-0.05, 0) is 24.3 Å². The summed E-state index contributed by atoms with van der Waals surface area (Å²) >= 11 is 0. The van der Waals surface area contributed by atoms with E-state index >= 15 is 0 Å². The highest BCUT2D eigenvalue weighted by molar-refractivity contribution is 7.89. The molecule has 19 heavy (non-hydrogen) atoms. The Morgan fingerprint density at radius 1 is 1.37 bits per heavy atom. The van der Waals surface area contributed by atoms with E-state index in [0.717, 1.165) is 0 Å². The Hall–Kier alpha value is -2.10. The number of nitrogen functional groups attached to an aromatic ring is 1. The van der Waals surface area contributed by atoms with Crippen LogP contribution in [0.4, 0.5) is 5.69 Å². The third-order valence-corrected chi connectivity index (χ3v) is 4.11. The van der Waals surface area contributed by atoms with Crippen molar-refractivity contribution in [3.05, 3.63) is 30.5 Å². The number of nitrogens with one attached hydrogen (secondary N) is 1. The standard InChI is InChI=1S/C13H13N3O2S/c1-2-3-9-16-19(17,18)12-7-6-11(14)10-5-4-8-15-13(10)12/h1,4-8,16H,3,9,14H2. The molecule has 0 bridgehead atoms. The zero-order valence-electron chi connectivity index (χ0n) is 10.1. The van der Waals surface area contributed by atoms with Gasteiger partial charge in [-0.1, -0.05) is 0 Å². The number of fused-ring (bicyclic) bond motifs is 1. The van der Waals surface area contributed by atoms with Gasteiger partial charge >= 0.3 is 0 Å². The molecule has 0 aliphatic rings. The fourth-order valence-electron chi connectivity index (χ4n) is 1.72. The first-order valence-electron chi connectivity index (χ1n) is 5.62. The minimum atomic E-state index is -3.64. The molecule has 2 rings (SSSR count). The minimum Gasteiger partial charge on any atom is -0.398 e. The van der Waals surface area contributed by atoms with Crippen molar-refractivity contribution < 1.29 is 8.42 Å². The van der Waals surface area contributed by atoms with E-state index in [-0.39, 0.29) is 11.4 Å². The zero-order chi connectivity index (χ0) is 13.9. The Bertz CT molecular complexity index is 748. The molecule has 0 atom stereocenters. The van der Waals surface area contributed by atoms with Gasteiger partial charge in [0.05, 0.1) is 5.52 Å². The lowest BCUT2D eigenvalue weighted by atomic mass is 10.2. The summed E-state index contributed by atoms with van der Waals surface area (Å²) in [6.45, 7) is 0.192. The predicted octanol–water partition coefficient (Wildman–Crippen LogP) is 1.12. The number of hydrogen-bond donors (Lipinski definition) is 2. The molecule has 0 fully saturated rings. The Kier molecular flexibility index (Phi) is 3.69. The predicted molar refractivity (Wildman–Crippen MR) is 74.8 cm³/mol. The van der Waals surface area contributed by atoms with Crippen LogP contribution >= 0.6 is 0 Å². The molecule has 0 spiro atoms. The molecular weight excluding hydrogens is 262 g/mol. The summed E-state index contributed by atoms with van der Waals surface area (Å²) in [5.74, 6) is 2.38. The Morgan fingerprint density at radius 2 is 2.16 bits per heavy atom. The van der Waals surface area contributed by atoms with Crippen molar-refractivity contribution in [1.82, 2.24) is 9.71 Å². The maximum atomic E-state index is 12.2. The van der Waals surface area contributed by atoms with Gasteiger partial charge in [0.25, 0.3) is 0 Å². The number of sulfonamides is 1. The van der Waals surface area contributed by atoms with Crippen LogP contribution < -0.4 is 10.5 Å². The molecule has 0 radical (unpaired) electrons. The molecule has 3 N–H and O–H groups in total. The van der Waals surface area contributed by atoms with E-state index in [2.05, 4.69) is 15.6 Å². The first-order valence-corrected chi connectivity index (χ1v) is 7.11. The molecule has 5 nitrogen and oxygen atoms in total. The highest BCUT2D eigenvalue weighted by atomic mass is 32.2. The number of pyridine rings is 1. The topological polar surface area (TPSA) is 85.1 Å². The lowest BCUT2D eigenvalue weighted by molar-refractivity contribution is 0.583. The maximum Gasteiger partial charge on any atom is 0.242 e. The molecule has 1 heterocycles. The normalized spacial score (nSPS) is 11.3. The fraction of sp³-hybridized carbons (Fsp3) is 0.154. The van der Waals surface area contributed by atoms with Gasteiger partial charge in [-0.2, -0.15) is 0 Å². The minimum absolute atomic E-state index is 0.106. The van der Waals surface area contributed by atoms with Crippen molar-refractivity contribution in [3.63, 3.8) is 0 Å². The van der Waals surface area contributed by atoms with Crippen molar-refractivity contribution in [2.75, 3.05) is 12.3 Å². The number of nitrogens with two attached hydrogens (primary N) is 1. The van der Waals surface area contributed by atoms with E-state index in [4.69, 9.17) is 12.2 Å². The van der Waals surface area contributed by atoms with Gasteiger partial charge in [-0.15, -0.1) is 12.3 Å². The van der Waals surface area contributed by atoms with E-state index in [1.807, 2.05) is 0 Å². The molecule has 0 unspecified atom stereocenters. The van der Waals surface area contributed by atoms with Crippen molar-refractivity contribution >= 4 is 26.6 Å².